The predicted molar refractivity (Wildman–Crippen MR) is 97.0 cm³/mol. The quantitative estimate of drug-likeness (QED) is 0.721. The summed E-state index contributed by atoms with van der Waals surface area (Å²) in [5.41, 5.74) is 1.91. The molecule has 5 rings (SSSR count). The van der Waals surface area contributed by atoms with Crippen LogP contribution in [0, 0.1) is 0 Å². The van der Waals surface area contributed by atoms with Crippen LogP contribution < -0.4 is 0 Å². The highest BCUT2D eigenvalue weighted by Crippen LogP contribution is 2.38. The number of carbonyl (C=O) groups excluding carboxylic acids is 1. The minimum absolute atomic E-state index is 0.0303. The van der Waals surface area contributed by atoms with Crippen LogP contribution in [0.4, 0.5) is 0 Å². The van der Waals surface area contributed by atoms with E-state index in [9.17, 15) is 4.79 Å². The van der Waals surface area contributed by atoms with Crippen molar-refractivity contribution in [1.29, 1.82) is 0 Å². The van der Waals surface area contributed by atoms with Crippen LogP contribution >= 0.6 is 0 Å². The molecule has 0 N–H and O–H groups in total. The van der Waals surface area contributed by atoms with Gasteiger partial charge in [0.15, 0.2) is 11.4 Å². The fourth-order valence-corrected chi connectivity index (χ4v) is 4.47. The molecule has 1 aliphatic carbocycles. The van der Waals surface area contributed by atoms with Gasteiger partial charge in [0.05, 0.1) is 12.3 Å². The molecule has 2 aliphatic rings. The van der Waals surface area contributed by atoms with Gasteiger partial charge in [0.2, 0.25) is 0 Å². The van der Waals surface area contributed by atoms with Crippen LogP contribution in [0.3, 0.4) is 0 Å². The van der Waals surface area contributed by atoms with E-state index in [2.05, 4.69) is 9.55 Å². The van der Waals surface area contributed by atoms with Crippen LogP contribution in [0.25, 0.3) is 11.2 Å². The lowest BCUT2D eigenvalue weighted by molar-refractivity contribution is 0.0756. The Morgan fingerprint density at radius 1 is 1.15 bits per heavy atom. The minimum Gasteiger partial charge on any atom is -0.459 e. The van der Waals surface area contributed by atoms with Gasteiger partial charge in [0.25, 0.3) is 5.91 Å². The number of carbonyl (C=O) groups is 1. The summed E-state index contributed by atoms with van der Waals surface area (Å²) in [6, 6.07) is 7.70. The maximum Gasteiger partial charge on any atom is 0.289 e. The number of likely N-dealkylation sites (tertiary alicyclic amines) is 1. The molecule has 6 heteroatoms. The van der Waals surface area contributed by atoms with Crippen LogP contribution in [0.5, 0.6) is 0 Å². The van der Waals surface area contributed by atoms with Crippen LogP contribution in [-0.2, 0) is 0 Å². The lowest BCUT2D eigenvalue weighted by Crippen LogP contribution is -2.29. The summed E-state index contributed by atoms with van der Waals surface area (Å²) >= 11 is 0. The lowest BCUT2D eigenvalue weighted by atomic mass is 10.1. The van der Waals surface area contributed by atoms with Crippen LogP contribution in [0.2, 0.25) is 0 Å². The molecule has 4 heterocycles. The van der Waals surface area contributed by atoms with E-state index in [1.807, 2.05) is 23.2 Å². The van der Waals surface area contributed by atoms with E-state index in [1.165, 1.54) is 25.7 Å². The second-order valence-electron chi connectivity index (χ2n) is 7.34. The molecule has 26 heavy (non-hydrogen) atoms. The zero-order valence-corrected chi connectivity index (χ0v) is 14.7. The van der Waals surface area contributed by atoms with Crippen molar-refractivity contribution in [3.8, 4) is 0 Å². The van der Waals surface area contributed by atoms with E-state index in [4.69, 9.17) is 9.40 Å². The van der Waals surface area contributed by atoms with E-state index in [0.29, 0.717) is 18.2 Å². The summed E-state index contributed by atoms with van der Waals surface area (Å²) in [5, 5.41) is 0. The second-order valence-corrected chi connectivity index (χ2v) is 7.34. The summed E-state index contributed by atoms with van der Waals surface area (Å²) < 4.78 is 7.61. The van der Waals surface area contributed by atoms with Crippen molar-refractivity contribution in [2.75, 3.05) is 13.1 Å². The highest BCUT2D eigenvalue weighted by atomic mass is 16.3. The molecule has 3 aromatic heterocycles. The molecule has 0 radical (unpaired) electrons. The van der Waals surface area contributed by atoms with Crippen molar-refractivity contribution < 1.29 is 9.21 Å². The number of fused-ring (bicyclic) bond motifs is 1. The number of aromatic nitrogens is 3. The molecule has 1 aliphatic heterocycles. The highest BCUT2D eigenvalue weighted by molar-refractivity contribution is 5.91. The molecule has 6 nitrogen and oxygen atoms in total. The van der Waals surface area contributed by atoms with E-state index < -0.39 is 0 Å². The first-order chi connectivity index (χ1) is 12.8. The van der Waals surface area contributed by atoms with Crippen molar-refractivity contribution in [2.45, 2.75) is 44.1 Å². The summed E-state index contributed by atoms with van der Waals surface area (Å²) in [7, 11) is 0. The molecule has 0 spiro atoms. The summed E-state index contributed by atoms with van der Waals surface area (Å²) in [6.07, 6.45) is 9.25. The summed E-state index contributed by atoms with van der Waals surface area (Å²) in [4.78, 5) is 24.1. The van der Waals surface area contributed by atoms with Gasteiger partial charge < -0.3 is 13.9 Å². The molecule has 1 saturated heterocycles. The molecule has 134 valence electrons. The Labute approximate surface area is 151 Å². The third-order valence-electron chi connectivity index (χ3n) is 5.74. The average Bonchev–Trinajstić information content (AvgIpc) is 3.47. The smallest absolute Gasteiger partial charge is 0.289 e. The maximum absolute atomic E-state index is 12.6. The second kappa shape index (κ2) is 6.27. The molecular weight excluding hydrogens is 328 g/mol. The van der Waals surface area contributed by atoms with Crippen molar-refractivity contribution in [1.82, 2.24) is 19.4 Å². The average molecular weight is 350 g/mol. The van der Waals surface area contributed by atoms with Gasteiger partial charge in [0.1, 0.15) is 11.3 Å². The molecule has 0 unspecified atom stereocenters. The predicted octanol–water partition coefficient (Wildman–Crippen LogP) is 3.77. The Morgan fingerprint density at radius 3 is 2.85 bits per heavy atom. The van der Waals surface area contributed by atoms with Gasteiger partial charge in [-0.15, -0.1) is 0 Å². The molecule has 0 aromatic carbocycles. The monoisotopic (exact) mass is 350 g/mol. The third kappa shape index (κ3) is 2.52. The van der Waals surface area contributed by atoms with Crippen LogP contribution in [-0.4, -0.2) is 38.4 Å². The van der Waals surface area contributed by atoms with Gasteiger partial charge in [-0.05, 0) is 43.5 Å². The first-order valence-corrected chi connectivity index (χ1v) is 9.47. The number of nitrogens with zero attached hydrogens (tertiary/aromatic N) is 4. The van der Waals surface area contributed by atoms with Crippen molar-refractivity contribution in [3.63, 3.8) is 0 Å². The largest absolute Gasteiger partial charge is 0.459 e. The number of imidazole rings is 1. The fourth-order valence-electron chi connectivity index (χ4n) is 4.47. The molecule has 0 bridgehead atoms. The zero-order chi connectivity index (χ0) is 17.5. The molecule has 3 aromatic rings. The number of pyridine rings is 1. The standard InChI is InChI=1S/C20H22N4O2/c25-20(17-8-4-12-26-17)23-11-9-15(13-23)24-18(14-5-1-2-6-14)22-16-7-3-10-21-19(16)24/h3-4,7-8,10,12,14-15H,1-2,5-6,9,11,13H2/t15-/m1/s1. The molecule has 1 amide bonds. The van der Waals surface area contributed by atoms with Crippen molar-refractivity contribution in [2.24, 2.45) is 0 Å². The first-order valence-electron chi connectivity index (χ1n) is 9.47. The number of furan rings is 1. The normalized spacial score (nSPS) is 21.1. The van der Waals surface area contributed by atoms with Gasteiger partial charge in [-0.1, -0.05) is 12.8 Å². The van der Waals surface area contributed by atoms with Gasteiger partial charge in [-0.3, -0.25) is 4.79 Å². The van der Waals surface area contributed by atoms with Crippen molar-refractivity contribution in [3.05, 3.63) is 48.3 Å². The Bertz CT molecular complexity index is 925. The van der Waals surface area contributed by atoms with Gasteiger partial charge in [-0.25, -0.2) is 9.97 Å². The Morgan fingerprint density at radius 2 is 2.04 bits per heavy atom. The Kier molecular flexibility index (Phi) is 3.76. The van der Waals surface area contributed by atoms with E-state index >= 15 is 0 Å². The number of amides is 1. The van der Waals surface area contributed by atoms with E-state index in [-0.39, 0.29) is 11.9 Å². The topological polar surface area (TPSA) is 64.2 Å². The maximum atomic E-state index is 12.6. The lowest BCUT2D eigenvalue weighted by Gasteiger charge is -2.20. The van der Waals surface area contributed by atoms with E-state index in [0.717, 1.165) is 30.0 Å². The SMILES string of the molecule is O=C(c1ccco1)N1CC[C@@H](n2c(C3CCCC3)nc3cccnc32)C1. The number of hydrogen-bond acceptors (Lipinski definition) is 4. The van der Waals surface area contributed by atoms with Gasteiger partial charge >= 0.3 is 0 Å². The number of hydrogen-bond donors (Lipinski definition) is 0. The Hall–Kier alpha value is -2.63. The van der Waals surface area contributed by atoms with Gasteiger partial charge in [-0.2, -0.15) is 0 Å². The molecule has 2 fully saturated rings. The molecule has 1 atom stereocenters. The number of rotatable bonds is 3. The fraction of sp³-hybridized carbons (Fsp3) is 0.450. The summed E-state index contributed by atoms with van der Waals surface area (Å²) in [6.45, 7) is 1.42. The summed E-state index contributed by atoms with van der Waals surface area (Å²) in [5.74, 6) is 2.06. The van der Waals surface area contributed by atoms with Crippen LogP contribution in [0.1, 0.15) is 60.4 Å². The van der Waals surface area contributed by atoms with Gasteiger partial charge in [0, 0.05) is 25.2 Å². The first kappa shape index (κ1) is 15.6. The van der Waals surface area contributed by atoms with Crippen LogP contribution in [0.15, 0.2) is 41.1 Å². The van der Waals surface area contributed by atoms with E-state index in [1.54, 1.807) is 18.4 Å². The molecular formula is C20H22N4O2. The molecule has 1 saturated carbocycles. The highest BCUT2D eigenvalue weighted by Gasteiger charge is 2.33. The zero-order valence-electron chi connectivity index (χ0n) is 14.7. The minimum atomic E-state index is -0.0303. The van der Waals surface area contributed by atoms with Crippen molar-refractivity contribution >= 4 is 17.1 Å². The Balaban J connectivity index is 1.49. The third-order valence-corrected chi connectivity index (χ3v) is 5.74.